The summed E-state index contributed by atoms with van der Waals surface area (Å²) < 4.78 is 5.32. The van der Waals surface area contributed by atoms with E-state index in [9.17, 15) is 9.59 Å². The molecule has 1 aromatic carbocycles. The van der Waals surface area contributed by atoms with Gasteiger partial charge in [0, 0.05) is 30.2 Å². The minimum atomic E-state index is -0.335. The number of aryl methyl sites for hydroxylation is 1. The minimum Gasteiger partial charge on any atom is -0.382 e. The van der Waals surface area contributed by atoms with Crippen LogP contribution in [-0.2, 0) is 9.53 Å². The lowest BCUT2D eigenvalue weighted by Crippen LogP contribution is -2.39. The number of ether oxygens (including phenoxy) is 1. The third kappa shape index (κ3) is 6.77. The van der Waals surface area contributed by atoms with Crippen molar-refractivity contribution in [2.75, 3.05) is 31.6 Å². The highest BCUT2D eigenvalue weighted by Crippen LogP contribution is 2.22. The number of nitrogens with one attached hydrogen (secondary N) is 1. The molecule has 146 valence electrons. The number of thiazole rings is 1. The summed E-state index contributed by atoms with van der Waals surface area (Å²) in [7, 11) is 0. The van der Waals surface area contributed by atoms with Crippen molar-refractivity contribution < 1.29 is 14.3 Å². The van der Waals surface area contributed by atoms with Crippen LogP contribution in [0.1, 0.15) is 29.4 Å². The maximum Gasteiger partial charge on any atom is 0.255 e. The van der Waals surface area contributed by atoms with Gasteiger partial charge < -0.3 is 15.0 Å². The average molecular weight is 430 g/mol. The van der Waals surface area contributed by atoms with Crippen molar-refractivity contribution >= 4 is 51.5 Å². The van der Waals surface area contributed by atoms with Crippen LogP contribution in [0.4, 0.5) is 5.13 Å². The van der Waals surface area contributed by atoms with Crippen LogP contribution in [0.15, 0.2) is 23.6 Å². The Labute approximate surface area is 172 Å². The van der Waals surface area contributed by atoms with Crippen molar-refractivity contribution in [1.82, 2.24) is 9.88 Å². The molecule has 1 heterocycles. The van der Waals surface area contributed by atoms with E-state index in [4.69, 9.17) is 27.9 Å². The molecular formula is C18H21Cl2N3O3S. The van der Waals surface area contributed by atoms with Crippen molar-refractivity contribution in [2.45, 2.75) is 20.3 Å². The van der Waals surface area contributed by atoms with Gasteiger partial charge in [0.2, 0.25) is 5.91 Å². The van der Waals surface area contributed by atoms with Crippen LogP contribution in [0, 0.1) is 6.92 Å². The Morgan fingerprint density at radius 3 is 2.74 bits per heavy atom. The molecule has 27 heavy (non-hydrogen) atoms. The van der Waals surface area contributed by atoms with Gasteiger partial charge in [-0.15, -0.1) is 11.3 Å². The number of carbonyl (C=O) groups excluding carboxylic acids is 2. The van der Waals surface area contributed by atoms with E-state index in [1.807, 2.05) is 19.2 Å². The normalized spacial score (nSPS) is 10.7. The Kier molecular flexibility index (Phi) is 8.50. The molecule has 6 nitrogen and oxygen atoms in total. The molecule has 0 atom stereocenters. The number of hydrogen-bond acceptors (Lipinski definition) is 5. The molecule has 0 saturated carbocycles. The number of hydrogen-bond donors (Lipinski definition) is 1. The molecule has 0 radical (unpaired) electrons. The van der Waals surface area contributed by atoms with E-state index < -0.39 is 0 Å². The highest BCUT2D eigenvalue weighted by Gasteiger charge is 2.21. The van der Waals surface area contributed by atoms with Gasteiger partial charge in [0.05, 0.1) is 16.3 Å². The average Bonchev–Trinajstić information content (AvgIpc) is 3.01. The van der Waals surface area contributed by atoms with Gasteiger partial charge in [0.25, 0.3) is 5.91 Å². The van der Waals surface area contributed by atoms with Crippen molar-refractivity contribution in [3.8, 4) is 0 Å². The first-order valence-electron chi connectivity index (χ1n) is 8.44. The molecule has 9 heteroatoms. The summed E-state index contributed by atoms with van der Waals surface area (Å²) in [5.41, 5.74) is 1.13. The highest BCUT2D eigenvalue weighted by atomic mass is 35.5. The van der Waals surface area contributed by atoms with Crippen LogP contribution in [0.5, 0.6) is 0 Å². The van der Waals surface area contributed by atoms with Crippen molar-refractivity contribution in [3.05, 3.63) is 44.9 Å². The molecule has 0 aliphatic carbocycles. The summed E-state index contributed by atoms with van der Waals surface area (Å²) in [6, 6.07) is 4.66. The summed E-state index contributed by atoms with van der Waals surface area (Å²) in [4.78, 5) is 30.9. The fourth-order valence-electron chi connectivity index (χ4n) is 2.33. The fourth-order valence-corrected chi connectivity index (χ4v) is 3.52. The van der Waals surface area contributed by atoms with Gasteiger partial charge in [-0.3, -0.25) is 9.59 Å². The summed E-state index contributed by atoms with van der Waals surface area (Å²) in [6.07, 6.45) is 0.606. The lowest BCUT2D eigenvalue weighted by molar-refractivity contribution is -0.116. The Hall–Kier alpha value is -1.67. The first kappa shape index (κ1) is 21.6. The Balaban J connectivity index is 2.09. The van der Waals surface area contributed by atoms with Crippen molar-refractivity contribution in [3.63, 3.8) is 0 Å². The van der Waals surface area contributed by atoms with Gasteiger partial charge in [0.15, 0.2) is 5.13 Å². The molecule has 2 amide bonds. The largest absolute Gasteiger partial charge is 0.382 e. The predicted octanol–water partition coefficient (Wildman–Crippen LogP) is 4.27. The monoisotopic (exact) mass is 429 g/mol. The van der Waals surface area contributed by atoms with Gasteiger partial charge in [-0.2, -0.15) is 0 Å². The third-order valence-corrected chi connectivity index (χ3v) is 4.99. The number of aromatic nitrogens is 1. The van der Waals surface area contributed by atoms with Crippen LogP contribution in [0.3, 0.4) is 0 Å². The van der Waals surface area contributed by atoms with Gasteiger partial charge >= 0.3 is 0 Å². The molecule has 0 spiro atoms. The smallest absolute Gasteiger partial charge is 0.255 e. The van der Waals surface area contributed by atoms with Crippen LogP contribution in [0.2, 0.25) is 10.0 Å². The molecular weight excluding hydrogens is 409 g/mol. The summed E-state index contributed by atoms with van der Waals surface area (Å²) in [5.74, 6) is -0.655. The molecule has 0 aliphatic heterocycles. The topological polar surface area (TPSA) is 71.5 Å². The van der Waals surface area contributed by atoms with E-state index in [1.165, 1.54) is 22.3 Å². The molecule has 0 fully saturated rings. The molecule has 1 N–H and O–H groups in total. The van der Waals surface area contributed by atoms with Crippen molar-refractivity contribution in [2.24, 2.45) is 0 Å². The second-order valence-electron chi connectivity index (χ2n) is 5.74. The number of nitrogens with zero attached hydrogens (tertiary/aromatic N) is 2. The van der Waals surface area contributed by atoms with E-state index >= 15 is 0 Å². The molecule has 0 unspecified atom stereocenters. The van der Waals surface area contributed by atoms with E-state index in [0.717, 1.165) is 5.69 Å². The summed E-state index contributed by atoms with van der Waals surface area (Å²) in [6.45, 7) is 5.10. The second kappa shape index (κ2) is 10.6. The van der Waals surface area contributed by atoms with Gasteiger partial charge in [-0.1, -0.05) is 23.2 Å². The number of halogens is 2. The Morgan fingerprint density at radius 1 is 1.33 bits per heavy atom. The van der Waals surface area contributed by atoms with E-state index in [-0.39, 0.29) is 23.4 Å². The zero-order chi connectivity index (χ0) is 19.8. The SMILES string of the molecule is CCOCCCN(CC(=O)Nc1nc(C)cs1)C(=O)c1ccc(Cl)cc1Cl. The number of anilines is 1. The zero-order valence-electron chi connectivity index (χ0n) is 15.1. The highest BCUT2D eigenvalue weighted by molar-refractivity contribution is 7.13. The first-order valence-corrected chi connectivity index (χ1v) is 10.1. The van der Waals surface area contributed by atoms with Crippen molar-refractivity contribution in [1.29, 1.82) is 0 Å². The molecule has 0 aliphatic rings. The number of amides is 2. The van der Waals surface area contributed by atoms with Crippen LogP contribution in [-0.4, -0.2) is 48.0 Å². The standard InChI is InChI=1S/C18H21Cl2N3O3S/c1-3-26-8-4-7-23(10-16(24)22-18-21-12(2)11-27-18)17(25)14-6-5-13(19)9-15(14)20/h5-6,9,11H,3-4,7-8,10H2,1-2H3,(H,21,22,24). The molecule has 2 aromatic rings. The van der Waals surface area contributed by atoms with E-state index in [0.29, 0.717) is 41.9 Å². The zero-order valence-corrected chi connectivity index (χ0v) is 17.5. The number of carbonyl (C=O) groups is 2. The first-order chi connectivity index (χ1) is 12.9. The van der Waals surface area contributed by atoms with Gasteiger partial charge in [-0.05, 0) is 38.5 Å². The van der Waals surface area contributed by atoms with Gasteiger partial charge in [0.1, 0.15) is 6.54 Å². The Morgan fingerprint density at radius 2 is 2.11 bits per heavy atom. The summed E-state index contributed by atoms with van der Waals surface area (Å²) >= 11 is 13.4. The second-order valence-corrected chi connectivity index (χ2v) is 7.45. The van der Waals surface area contributed by atoms with Gasteiger partial charge in [-0.25, -0.2) is 4.98 Å². The molecule has 2 rings (SSSR count). The maximum atomic E-state index is 12.9. The maximum absolute atomic E-state index is 12.9. The molecule has 0 bridgehead atoms. The van der Waals surface area contributed by atoms with E-state index in [1.54, 1.807) is 12.1 Å². The van der Waals surface area contributed by atoms with Crippen LogP contribution >= 0.6 is 34.5 Å². The Bertz CT molecular complexity index is 798. The lowest BCUT2D eigenvalue weighted by atomic mass is 10.2. The number of benzene rings is 1. The third-order valence-electron chi connectivity index (χ3n) is 3.57. The predicted molar refractivity (Wildman–Crippen MR) is 109 cm³/mol. The molecule has 1 aromatic heterocycles. The quantitative estimate of drug-likeness (QED) is 0.604. The number of rotatable bonds is 9. The molecule has 0 saturated heterocycles. The van der Waals surface area contributed by atoms with E-state index in [2.05, 4.69) is 10.3 Å². The summed E-state index contributed by atoms with van der Waals surface area (Å²) in [5, 5.41) is 5.75. The van der Waals surface area contributed by atoms with Crippen LogP contribution < -0.4 is 5.32 Å². The minimum absolute atomic E-state index is 0.109. The fraction of sp³-hybridized carbons (Fsp3) is 0.389. The van der Waals surface area contributed by atoms with Crippen LogP contribution in [0.25, 0.3) is 0 Å². The lowest BCUT2D eigenvalue weighted by Gasteiger charge is -2.22.